The van der Waals surface area contributed by atoms with Crippen molar-refractivity contribution < 1.29 is 22.0 Å². The first-order valence-corrected chi connectivity index (χ1v) is 4.03. The molecule has 0 fully saturated rings. The van der Waals surface area contributed by atoms with Crippen molar-refractivity contribution in [2.75, 3.05) is 0 Å². The lowest BCUT2D eigenvalue weighted by Gasteiger charge is -2.13. The van der Waals surface area contributed by atoms with Crippen LogP contribution in [0.3, 0.4) is 0 Å². The lowest BCUT2D eigenvalue weighted by atomic mass is 10.0. The number of hydrogen-bond acceptors (Lipinski definition) is 1. The minimum atomic E-state index is -4.54. The van der Waals surface area contributed by atoms with Crippen molar-refractivity contribution in [2.45, 2.75) is 18.6 Å². The standard InChI is InChI=1S/C9H8F5N/c10-8(11)7(15)5-2-1-3-6(4-5)9(12,13)14/h1-4,7-8H,15H2/t7-/m1/s1. The fourth-order valence-electron chi connectivity index (χ4n) is 1.07. The Labute approximate surface area is 82.7 Å². The summed E-state index contributed by atoms with van der Waals surface area (Å²) < 4.78 is 60.9. The molecule has 84 valence electrons. The molecular formula is C9H8F5N. The topological polar surface area (TPSA) is 26.0 Å². The van der Waals surface area contributed by atoms with E-state index in [4.69, 9.17) is 5.73 Å². The third-order valence-corrected chi connectivity index (χ3v) is 1.87. The molecule has 1 aromatic rings. The van der Waals surface area contributed by atoms with Crippen molar-refractivity contribution in [3.8, 4) is 0 Å². The molecule has 1 atom stereocenters. The summed E-state index contributed by atoms with van der Waals surface area (Å²) in [4.78, 5) is 0. The summed E-state index contributed by atoms with van der Waals surface area (Å²) >= 11 is 0. The van der Waals surface area contributed by atoms with E-state index in [1.165, 1.54) is 0 Å². The Morgan fingerprint density at radius 2 is 1.73 bits per heavy atom. The highest BCUT2D eigenvalue weighted by atomic mass is 19.4. The average molecular weight is 225 g/mol. The third-order valence-electron chi connectivity index (χ3n) is 1.87. The molecule has 0 unspecified atom stereocenters. The van der Waals surface area contributed by atoms with Gasteiger partial charge in [0.25, 0.3) is 6.43 Å². The van der Waals surface area contributed by atoms with Gasteiger partial charge in [0.2, 0.25) is 0 Å². The third kappa shape index (κ3) is 2.89. The van der Waals surface area contributed by atoms with Gasteiger partial charge in [-0.25, -0.2) is 8.78 Å². The van der Waals surface area contributed by atoms with E-state index < -0.39 is 24.2 Å². The molecule has 0 aliphatic rings. The molecule has 0 bridgehead atoms. The fourth-order valence-corrected chi connectivity index (χ4v) is 1.07. The predicted molar refractivity (Wildman–Crippen MR) is 44.4 cm³/mol. The Morgan fingerprint density at radius 3 is 2.20 bits per heavy atom. The first-order valence-electron chi connectivity index (χ1n) is 4.03. The molecule has 0 saturated heterocycles. The van der Waals surface area contributed by atoms with Crippen molar-refractivity contribution in [2.24, 2.45) is 5.73 Å². The molecule has 1 nitrogen and oxygen atoms in total. The molecule has 6 heteroatoms. The van der Waals surface area contributed by atoms with Gasteiger partial charge in [0.1, 0.15) is 0 Å². The average Bonchev–Trinajstić information content (AvgIpc) is 2.15. The molecule has 0 spiro atoms. The van der Waals surface area contributed by atoms with E-state index >= 15 is 0 Å². The van der Waals surface area contributed by atoms with Crippen LogP contribution in [0.15, 0.2) is 24.3 Å². The second kappa shape index (κ2) is 4.14. The van der Waals surface area contributed by atoms with Crippen LogP contribution in [0.2, 0.25) is 0 Å². The minimum Gasteiger partial charge on any atom is -0.319 e. The molecule has 0 heterocycles. The molecule has 15 heavy (non-hydrogen) atoms. The van der Waals surface area contributed by atoms with Crippen LogP contribution in [0.25, 0.3) is 0 Å². The van der Waals surface area contributed by atoms with E-state index in [2.05, 4.69) is 0 Å². The zero-order chi connectivity index (χ0) is 11.6. The summed E-state index contributed by atoms with van der Waals surface area (Å²) in [6, 6.07) is 1.96. The quantitative estimate of drug-likeness (QED) is 0.769. The van der Waals surface area contributed by atoms with Crippen molar-refractivity contribution in [3.05, 3.63) is 35.4 Å². The van der Waals surface area contributed by atoms with Gasteiger partial charge < -0.3 is 5.73 Å². The summed E-state index contributed by atoms with van der Waals surface area (Å²) in [6.45, 7) is 0. The van der Waals surface area contributed by atoms with E-state index in [9.17, 15) is 22.0 Å². The Morgan fingerprint density at radius 1 is 1.13 bits per heavy atom. The van der Waals surface area contributed by atoms with Gasteiger partial charge in [-0.3, -0.25) is 0 Å². The van der Waals surface area contributed by atoms with Gasteiger partial charge >= 0.3 is 6.18 Å². The molecule has 0 amide bonds. The number of rotatable bonds is 2. The summed E-state index contributed by atoms with van der Waals surface area (Å²) in [5.41, 5.74) is 3.83. The van der Waals surface area contributed by atoms with Gasteiger partial charge in [-0.1, -0.05) is 12.1 Å². The van der Waals surface area contributed by atoms with E-state index in [0.717, 1.165) is 18.2 Å². The highest BCUT2D eigenvalue weighted by Gasteiger charge is 2.31. The minimum absolute atomic E-state index is 0.222. The summed E-state index contributed by atoms with van der Waals surface area (Å²) in [7, 11) is 0. The first kappa shape index (κ1) is 11.9. The second-order valence-electron chi connectivity index (χ2n) is 2.98. The number of nitrogens with two attached hydrogens (primary N) is 1. The van der Waals surface area contributed by atoms with Crippen LogP contribution >= 0.6 is 0 Å². The Bertz CT molecular complexity index is 334. The van der Waals surface area contributed by atoms with Crippen LogP contribution in [0, 0.1) is 0 Å². The summed E-state index contributed by atoms with van der Waals surface area (Å²) in [6.07, 6.45) is -7.42. The van der Waals surface area contributed by atoms with Gasteiger partial charge in [-0.05, 0) is 17.7 Å². The van der Waals surface area contributed by atoms with Gasteiger partial charge in [0.15, 0.2) is 0 Å². The van der Waals surface area contributed by atoms with Gasteiger partial charge in [0, 0.05) is 0 Å². The molecule has 1 rings (SSSR count). The number of alkyl halides is 5. The number of hydrogen-bond donors (Lipinski definition) is 1. The Balaban J connectivity index is 3.03. The molecule has 0 aliphatic carbocycles. The SMILES string of the molecule is N[C@H](c1cccc(C(F)(F)F)c1)C(F)F. The van der Waals surface area contributed by atoms with Crippen molar-refractivity contribution >= 4 is 0 Å². The van der Waals surface area contributed by atoms with E-state index in [1.54, 1.807) is 0 Å². The van der Waals surface area contributed by atoms with E-state index in [1.807, 2.05) is 0 Å². The summed E-state index contributed by atoms with van der Waals surface area (Å²) in [5, 5.41) is 0. The monoisotopic (exact) mass is 225 g/mol. The smallest absolute Gasteiger partial charge is 0.319 e. The van der Waals surface area contributed by atoms with E-state index in [-0.39, 0.29) is 5.56 Å². The highest BCUT2D eigenvalue weighted by molar-refractivity contribution is 5.28. The van der Waals surface area contributed by atoms with Crippen molar-refractivity contribution in [1.29, 1.82) is 0 Å². The van der Waals surface area contributed by atoms with Crippen LogP contribution < -0.4 is 5.73 Å². The predicted octanol–water partition coefficient (Wildman–Crippen LogP) is 2.97. The zero-order valence-corrected chi connectivity index (χ0v) is 7.43. The fraction of sp³-hybridized carbons (Fsp3) is 0.333. The van der Waals surface area contributed by atoms with Crippen molar-refractivity contribution in [1.82, 2.24) is 0 Å². The zero-order valence-electron chi connectivity index (χ0n) is 7.43. The maximum atomic E-state index is 12.2. The van der Waals surface area contributed by atoms with Crippen LogP contribution in [-0.2, 0) is 6.18 Å². The first-order chi connectivity index (χ1) is 6.82. The van der Waals surface area contributed by atoms with Crippen LogP contribution in [-0.4, -0.2) is 6.43 Å². The molecule has 0 aliphatic heterocycles. The van der Waals surface area contributed by atoms with Gasteiger partial charge in [-0.15, -0.1) is 0 Å². The number of benzene rings is 1. The maximum absolute atomic E-state index is 12.2. The molecule has 0 aromatic heterocycles. The van der Waals surface area contributed by atoms with Gasteiger partial charge in [0.05, 0.1) is 11.6 Å². The second-order valence-corrected chi connectivity index (χ2v) is 2.98. The number of halogens is 5. The lowest BCUT2D eigenvalue weighted by molar-refractivity contribution is -0.137. The maximum Gasteiger partial charge on any atom is 0.416 e. The van der Waals surface area contributed by atoms with Gasteiger partial charge in [-0.2, -0.15) is 13.2 Å². The molecule has 2 N–H and O–H groups in total. The molecule has 0 saturated carbocycles. The molecular weight excluding hydrogens is 217 g/mol. The van der Waals surface area contributed by atoms with Crippen LogP contribution in [0.1, 0.15) is 17.2 Å². The normalized spacial score (nSPS) is 14.3. The largest absolute Gasteiger partial charge is 0.416 e. The summed E-state index contributed by atoms with van der Waals surface area (Å²) in [5.74, 6) is 0. The van der Waals surface area contributed by atoms with Crippen LogP contribution in [0.5, 0.6) is 0 Å². The van der Waals surface area contributed by atoms with Crippen LogP contribution in [0.4, 0.5) is 22.0 Å². The molecule has 0 radical (unpaired) electrons. The Hall–Kier alpha value is -1.17. The lowest BCUT2D eigenvalue weighted by Crippen LogP contribution is -2.19. The molecule has 1 aromatic carbocycles. The van der Waals surface area contributed by atoms with E-state index in [0.29, 0.717) is 6.07 Å². The highest BCUT2D eigenvalue weighted by Crippen LogP contribution is 2.31. The van der Waals surface area contributed by atoms with Crippen molar-refractivity contribution in [3.63, 3.8) is 0 Å². The Kier molecular flexibility index (Phi) is 3.28.